The Balaban J connectivity index is 2.01. The van der Waals surface area contributed by atoms with Gasteiger partial charge >= 0.3 is 0 Å². The lowest BCUT2D eigenvalue weighted by atomic mass is 10.0. The van der Waals surface area contributed by atoms with Gasteiger partial charge in [0.05, 0.1) is 5.01 Å². The van der Waals surface area contributed by atoms with Crippen LogP contribution in [-0.2, 0) is 6.42 Å². The summed E-state index contributed by atoms with van der Waals surface area (Å²) < 4.78 is 0. The maximum Gasteiger partial charge on any atom is 0.0940 e. The number of piperazine rings is 1. The molecule has 2 rings (SSSR count). The van der Waals surface area contributed by atoms with Crippen LogP contribution in [0.5, 0.6) is 0 Å². The summed E-state index contributed by atoms with van der Waals surface area (Å²) in [6, 6.07) is 1.05. The van der Waals surface area contributed by atoms with Crippen molar-refractivity contribution in [2.75, 3.05) is 40.8 Å². The second-order valence-corrected chi connectivity index (χ2v) is 5.81. The van der Waals surface area contributed by atoms with Crippen molar-refractivity contribution in [3.8, 4) is 0 Å². The topological polar surface area (TPSA) is 31.4 Å². The molecule has 2 atom stereocenters. The molecule has 0 aliphatic carbocycles. The highest BCUT2D eigenvalue weighted by Gasteiger charge is 2.29. The molecule has 0 saturated carbocycles. The molecule has 1 saturated heterocycles. The fourth-order valence-corrected chi connectivity index (χ4v) is 3.13. The SMILES string of the molecule is CNC(Cc1nccs1)C1CN(C)CCN1C. The van der Waals surface area contributed by atoms with Crippen LogP contribution in [0.1, 0.15) is 5.01 Å². The Hall–Kier alpha value is -0.490. The molecule has 1 aromatic rings. The Labute approximate surface area is 108 Å². The first-order chi connectivity index (χ1) is 8.20. The van der Waals surface area contributed by atoms with Crippen molar-refractivity contribution in [2.45, 2.75) is 18.5 Å². The molecule has 1 aliphatic heterocycles. The molecule has 1 fully saturated rings. The molecular weight excluding hydrogens is 232 g/mol. The van der Waals surface area contributed by atoms with Crippen molar-refractivity contribution in [3.05, 3.63) is 16.6 Å². The van der Waals surface area contributed by atoms with Crippen molar-refractivity contribution in [1.29, 1.82) is 0 Å². The summed E-state index contributed by atoms with van der Waals surface area (Å²) in [5.41, 5.74) is 0. The zero-order chi connectivity index (χ0) is 12.3. The van der Waals surface area contributed by atoms with E-state index in [9.17, 15) is 0 Å². The summed E-state index contributed by atoms with van der Waals surface area (Å²) in [7, 11) is 6.49. The molecule has 5 heteroatoms. The molecule has 0 amide bonds. The molecule has 0 radical (unpaired) electrons. The molecular formula is C12H22N4S. The van der Waals surface area contributed by atoms with E-state index < -0.39 is 0 Å². The van der Waals surface area contributed by atoms with E-state index >= 15 is 0 Å². The Morgan fingerprint density at radius 2 is 2.35 bits per heavy atom. The number of hydrogen-bond acceptors (Lipinski definition) is 5. The van der Waals surface area contributed by atoms with Crippen molar-refractivity contribution in [3.63, 3.8) is 0 Å². The number of likely N-dealkylation sites (N-methyl/N-ethyl adjacent to an activating group) is 3. The highest BCUT2D eigenvalue weighted by molar-refractivity contribution is 7.09. The summed E-state index contributed by atoms with van der Waals surface area (Å²) in [4.78, 5) is 9.27. The molecule has 96 valence electrons. The summed E-state index contributed by atoms with van der Waals surface area (Å²) in [5, 5.41) is 6.74. The number of nitrogens with one attached hydrogen (secondary N) is 1. The van der Waals surface area contributed by atoms with Gasteiger partial charge in [0.25, 0.3) is 0 Å². The van der Waals surface area contributed by atoms with Crippen LogP contribution in [0.15, 0.2) is 11.6 Å². The summed E-state index contributed by atoms with van der Waals surface area (Å²) in [6.45, 7) is 3.45. The minimum Gasteiger partial charge on any atom is -0.315 e. The smallest absolute Gasteiger partial charge is 0.0940 e. The van der Waals surface area contributed by atoms with Gasteiger partial charge in [-0.1, -0.05) is 0 Å². The number of nitrogens with zero attached hydrogens (tertiary/aromatic N) is 3. The van der Waals surface area contributed by atoms with Gasteiger partial charge in [-0.3, -0.25) is 4.90 Å². The number of hydrogen-bond donors (Lipinski definition) is 1. The third-order valence-electron chi connectivity index (χ3n) is 3.61. The first-order valence-corrected chi connectivity index (χ1v) is 7.03. The average molecular weight is 254 g/mol. The van der Waals surface area contributed by atoms with E-state index in [2.05, 4.69) is 46.6 Å². The highest BCUT2D eigenvalue weighted by Crippen LogP contribution is 2.15. The Morgan fingerprint density at radius 3 is 3.00 bits per heavy atom. The molecule has 1 aromatic heterocycles. The first-order valence-electron chi connectivity index (χ1n) is 6.15. The van der Waals surface area contributed by atoms with Crippen LogP contribution in [0.25, 0.3) is 0 Å². The van der Waals surface area contributed by atoms with Gasteiger partial charge in [0.2, 0.25) is 0 Å². The Bertz CT molecular complexity index is 327. The van der Waals surface area contributed by atoms with Gasteiger partial charge in [0, 0.05) is 49.7 Å². The lowest BCUT2D eigenvalue weighted by Crippen LogP contribution is -2.58. The molecule has 2 unspecified atom stereocenters. The van der Waals surface area contributed by atoms with E-state index in [0.717, 1.165) is 19.5 Å². The third-order valence-corrected chi connectivity index (χ3v) is 4.41. The van der Waals surface area contributed by atoms with Gasteiger partial charge < -0.3 is 10.2 Å². The predicted octanol–water partition coefficient (Wildman–Crippen LogP) is 0.519. The predicted molar refractivity (Wildman–Crippen MR) is 72.6 cm³/mol. The summed E-state index contributed by atoms with van der Waals surface area (Å²) in [6.07, 6.45) is 2.92. The zero-order valence-electron chi connectivity index (χ0n) is 10.9. The average Bonchev–Trinajstić information content (AvgIpc) is 2.82. The van der Waals surface area contributed by atoms with Crippen LogP contribution in [0.4, 0.5) is 0 Å². The molecule has 1 aliphatic rings. The normalized spacial score (nSPS) is 25.0. The van der Waals surface area contributed by atoms with Gasteiger partial charge in [0.15, 0.2) is 0 Å². The van der Waals surface area contributed by atoms with Crippen LogP contribution in [0.2, 0.25) is 0 Å². The first kappa shape index (κ1) is 13.0. The largest absolute Gasteiger partial charge is 0.315 e. The second-order valence-electron chi connectivity index (χ2n) is 4.84. The molecule has 2 heterocycles. The lowest BCUT2D eigenvalue weighted by Gasteiger charge is -2.41. The molecule has 17 heavy (non-hydrogen) atoms. The Kier molecular flexibility index (Phi) is 4.50. The van der Waals surface area contributed by atoms with Crippen LogP contribution < -0.4 is 5.32 Å². The third kappa shape index (κ3) is 3.25. The molecule has 0 spiro atoms. The van der Waals surface area contributed by atoms with E-state index in [-0.39, 0.29) is 0 Å². The molecule has 0 aromatic carbocycles. The summed E-state index contributed by atoms with van der Waals surface area (Å²) >= 11 is 1.75. The van der Waals surface area contributed by atoms with Crippen molar-refractivity contribution in [1.82, 2.24) is 20.1 Å². The monoisotopic (exact) mass is 254 g/mol. The van der Waals surface area contributed by atoms with E-state index in [1.165, 1.54) is 11.6 Å². The summed E-state index contributed by atoms with van der Waals surface area (Å²) in [5.74, 6) is 0. The minimum atomic E-state index is 0.480. The molecule has 1 N–H and O–H groups in total. The van der Waals surface area contributed by atoms with E-state index in [1.807, 2.05) is 6.20 Å². The molecule has 0 bridgehead atoms. The van der Waals surface area contributed by atoms with Crippen LogP contribution in [0.3, 0.4) is 0 Å². The van der Waals surface area contributed by atoms with Crippen LogP contribution >= 0.6 is 11.3 Å². The van der Waals surface area contributed by atoms with Gasteiger partial charge in [-0.05, 0) is 21.1 Å². The van der Waals surface area contributed by atoms with Gasteiger partial charge in [-0.25, -0.2) is 4.98 Å². The number of rotatable bonds is 4. The van der Waals surface area contributed by atoms with Crippen molar-refractivity contribution < 1.29 is 0 Å². The van der Waals surface area contributed by atoms with Crippen LogP contribution in [0, 0.1) is 0 Å². The van der Waals surface area contributed by atoms with Crippen molar-refractivity contribution >= 4 is 11.3 Å². The van der Waals surface area contributed by atoms with Crippen LogP contribution in [-0.4, -0.2) is 67.6 Å². The van der Waals surface area contributed by atoms with E-state index in [1.54, 1.807) is 11.3 Å². The number of thiazole rings is 1. The maximum atomic E-state index is 4.39. The quantitative estimate of drug-likeness (QED) is 0.849. The minimum absolute atomic E-state index is 0.480. The van der Waals surface area contributed by atoms with Gasteiger partial charge in [0.1, 0.15) is 0 Å². The van der Waals surface area contributed by atoms with E-state index in [4.69, 9.17) is 0 Å². The van der Waals surface area contributed by atoms with Gasteiger partial charge in [-0.15, -0.1) is 11.3 Å². The highest BCUT2D eigenvalue weighted by atomic mass is 32.1. The van der Waals surface area contributed by atoms with E-state index in [0.29, 0.717) is 12.1 Å². The lowest BCUT2D eigenvalue weighted by molar-refractivity contribution is 0.0897. The Morgan fingerprint density at radius 1 is 1.53 bits per heavy atom. The molecule has 4 nitrogen and oxygen atoms in total. The fraction of sp³-hybridized carbons (Fsp3) is 0.750. The fourth-order valence-electron chi connectivity index (χ4n) is 2.45. The standard InChI is InChI=1S/C12H22N4S/c1-13-10(8-12-14-4-7-17-12)11-9-15(2)5-6-16(11)3/h4,7,10-11,13H,5-6,8-9H2,1-3H3. The second kappa shape index (κ2) is 5.91. The van der Waals surface area contributed by atoms with Gasteiger partial charge in [-0.2, -0.15) is 0 Å². The number of aromatic nitrogens is 1. The maximum absolute atomic E-state index is 4.39. The van der Waals surface area contributed by atoms with Crippen molar-refractivity contribution in [2.24, 2.45) is 0 Å². The zero-order valence-corrected chi connectivity index (χ0v) is 11.7.